The van der Waals surface area contributed by atoms with Crippen molar-refractivity contribution in [3.05, 3.63) is 29.8 Å². The number of amides is 1. The molecule has 0 saturated carbocycles. The minimum atomic E-state index is -0.311. The molecule has 0 spiro atoms. The number of carbonyl (C=O) groups excluding carboxylic acids is 1. The summed E-state index contributed by atoms with van der Waals surface area (Å²) in [7, 11) is 0. The number of nitrogens with two attached hydrogens (primary N) is 1. The molecule has 0 radical (unpaired) electrons. The standard InChI is InChI=1S/C11H16N2O2/c1-8(2)7-15-13-11(14)9-5-3-4-6-10(9)12/h3-6,8H,7,12H2,1-2H3,(H,13,14). The summed E-state index contributed by atoms with van der Waals surface area (Å²) in [5, 5.41) is 0. The highest BCUT2D eigenvalue weighted by Crippen LogP contribution is 2.09. The maximum atomic E-state index is 11.5. The topological polar surface area (TPSA) is 64.3 Å². The molecule has 0 aromatic heterocycles. The van der Waals surface area contributed by atoms with Crippen LogP contribution in [0.15, 0.2) is 24.3 Å². The van der Waals surface area contributed by atoms with E-state index >= 15 is 0 Å². The minimum absolute atomic E-state index is 0.311. The maximum Gasteiger partial charge on any atom is 0.276 e. The van der Waals surface area contributed by atoms with Gasteiger partial charge in [-0.05, 0) is 18.1 Å². The molecular formula is C11H16N2O2. The van der Waals surface area contributed by atoms with Gasteiger partial charge in [0.05, 0.1) is 12.2 Å². The first kappa shape index (κ1) is 11.5. The van der Waals surface area contributed by atoms with Crippen LogP contribution < -0.4 is 11.2 Å². The SMILES string of the molecule is CC(C)CONC(=O)c1ccccc1N. The number of hydrogen-bond acceptors (Lipinski definition) is 3. The van der Waals surface area contributed by atoms with Crippen molar-refractivity contribution < 1.29 is 9.63 Å². The van der Waals surface area contributed by atoms with E-state index in [4.69, 9.17) is 10.6 Å². The third-order valence-electron chi connectivity index (χ3n) is 1.79. The minimum Gasteiger partial charge on any atom is -0.398 e. The number of carbonyl (C=O) groups is 1. The van der Waals surface area contributed by atoms with Crippen molar-refractivity contribution in [3.8, 4) is 0 Å². The summed E-state index contributed by atoms with van der Waals surface area (Å²) in [6.07, 6.45) is 0. The van der Waals surface area contributed by atoms with Gasteiger partial charge in [-0.2, -0.15) is 0 Å². The van der Waals surface area contributed by atoms with Gasteiger partial charge in [-0.1, -0.05) is 26.0 Å². The van der Waals surface area contributed by atoms with Gasteiger partial charge in [-0.25, -0.2) is 5.48 Å². The van der Waals surface area contributed by atoms with Crippen LogP contribution in [0.25, 0.3) is 0 Å². The lowest BCUT2D eigenvalue weighted by Crippen LogP contribution is -2.26. The van der Waals surface area contributed by atoms with Crippen molar-refractivity contribution in [2.45, 2.75) is 13.8 Å². The number of nitrogen functional groups attached to an aromatic ring is 1. The number of para-hydroxylation sites is 1. The predicted molar refractivity (Wildman–Crippen MR) is 59.1 cm³/mol. The van der Waals surface area contributed by atoms with Crippen LogP contribution >= 0.6 is 0 Å². The third kappa shape index (κ3) is 3.59. The lowest BCUT2D eigenvalue weighted by Gasteiger charge is -2.08. The summed E-state index contributed by atoms with van der Waals surface area (Å²) in [4.78, 5) is 16.5. The van der Waals surface area contributed by atoms with Gasteiger partial charge in [0.2, 0.25) is 0 Å². The second kappa shape index (κ2) is 5.36. The smallest absolute Gasteiger partial charge is 0.276 e. The molecule has 1 amide bonds. The number of benzene rings is 1. The van der Waals surface area contributed by atoms with Crippen molar-refractivity contribution in [2.24, 2.45) is 5.92 Å². The molecule has 0 fully saturated rings. The lowest BCUT2D eigenvalue weighted by atomic mass is 10.2. The van der Waals surface area contributed by atoms with E-state index in [1.54, 1.807) is 24.3 Å². The van der Waals surface area contributed by atoms with E-state index in [0.717, 1.165) is 0 Å². The Labute approximate surface area is 89.4 Å². The average molecular weight is 208 g/mol. The fraction of sp³-hybridized carbons (Fsp3) is 0.364. The van der Waals surface area contributed by atoms with Gasteiger partial charge in [0.1, 0.15) is 0 Å². The van der Waals surface area contributed by atoms with Crippen molar-refractivity contribution in [1.29, 1.82) is 0 Å². The second-order valence-corrected chi connectivity index (χ2v) is 3.72. The van der Waals surface area contributed by atoms with Gasteiger partial charge in [0, 0.05) is 5.69 Å². The molecule has 0 bridgehead atoms. The monoisotopic (exact) mass is 208 g/mol. The Morgan fingerprint density at radius 2 is 2.13 bits per heavy atom. The van der Waals surface area contributed by atoms with Crippen molar-refractivity contribution in [3.63, 3.8) is 0 Å². The number of nitrogens with one attached hydrogen (secondary N) is 1. The van der Waals surface area contributed by atoms with E-state index in [1.165, 1.54) is 0 Å². The molecule has 0 heterocycles. The largest absolute Gasteiger partial charge is 0.398 e. The second-order valence-electron chi connectivity index (χ2n) is 3.72. The van der Waals surface area contributed by atoms with Gasteiger partial charge in [-0.3, -0.25) is 9.63 Å². The fourth-order valence-electron chi connectivity index (χ4n) is 1.03. The molecule has 4 heteroatoms. The Bertz CT molecular complexity index is 337. The number of hydroxylamine groups is 1. The molecule has 82 valence electrons. The van der Waals surface area contributed by atoms with E-state index in [1.807, 2.05) is 13.8 Å². The zero-order valence-electron chi connectivity index (χ0n) is 8.99. The summed E-state index contributed by atoms with van der Waals surface area (Å²) in [5.41, 5.74) is 8.87. The summed E-state index contributed by atoms with van der Waals surface area (Å²) in [5.74, 6) is 0.0622. The highest BCUT2D eigenvalue weighted by Gasteiger charge is 2.08. The number of hydrogen-bond donors (Lipinski definition) is 2. The maximum absolute atomic E-state index is 11.5. The molecule has 1 aromatic carbocycles. The first-order valence-electron chi connectivity index (χ1n) is 4.88. The van der Waals surface area contributed by atoms with Crippen LogP contribution in [-0.2, 0) is 4.84 Å². The van der Waals surface area contributed by atoms with E-state index in [2.05, 4.69) is 5.48 Å². The van der Waals surface area contributed by atoms with Crippen LogP contribution in [-0.4, -0.2) is 12.5 Å². The predicted octanol–water partition coefficient (Wildman–Crippen LogP) is 1.59. The van der Waals surface area contributed by atoms with E-state index in [0.29, 0.717) is 23.8 Å². The molecule has 0 aliphatic heterocycles. The van der Waals surface area contributed by atoms with Crippen LogP contribution in [0.1, 0.15) is 24.2 Å². The zero-order chi connectivity index (χ0) is 11.3. The molecule has 0 saturated heterocycles. The Morgan fingerprint density at radius 1 is 1.47 bits per heavy atom. The summed E-state index contributed by atoms with van der Waals surface area (Å²) < 4.78 is 0. The first-order valence-corrected chi connectivity index (χ1v) is 4.88. The van der Waals surface area contributed by atoms with E-state index < -0.39 is 0 Å². The Kier molecular flexibility index (Phi) is 4.12. The van der Waals surface area contributed by atoms with Crippen LogP contribution in [0.2, 0.25) is 0 Å². The summed E-state index contributed by atoms with van der Waals surface area (Å²) in [6.45, 7) is 4.49. The van der Waals surface area contributed by atoms with Crippen LogP contribution in [0.3, 0.4) is 0 Å². The summed E-state index contributed by atoms with van der Waals surface area (Å²) >= 11 is 0. The van der Waals surface area contributed by atoms with E-state index in [9.17, 15) is 4.79 Å². The van der Waals surface area contributed by atoms with Crippen LogP contribution in [0.4, 0.5) is 5.69 Å². The highest BCUT2D eigenvalue weighted by molar-refractivity contribution is 5.98. The molecule has 15 heavy (non-hydrogen) atoms. The van der Waals surface area contributed by atoms with Crippen LogP contribution in [0.5, 0.6) is 0 Å². The quantitative estimate of drug-likeness (QED) is 0.583. The molecule has 0 unspecified atom stereocenters. The molecule has 0 aliphatic carbocycles. The normalized spacial score (nSPS) is 10.3. The van der Waals surface area contributed by atoms with Gasteiger partial charge in [0.25, 0.3) is 5.91 Å². The zero-order valence-corrected chi connectivity index (χ0v) is 8.99. The Morgan fingerprint density at radius 3 is 2.73 bits per heavy atom. The van der Waals surface area contributed by atoms with E-state index in [-0.39, 0.29) is 5.91 Å². The highest BCUT2D eigenvalue weighted by atomic mass is 16.6. The average Bonchev–Trinajstić information content (AvgIpc) is 2.17. The first-order chi connectivity index (χ1) is 7.11. The van der Waals surface area contributed by atoms with Crippen molar-refractivity contribution in [1.82, 2.24) is 5.48 Å². The fourth-order valence-corrected chi connectivity index (χ4v) is 1.03. The molecule has 4 nitrogen and oxygen atoms in total. The van der Waals surface area contributed by atoms with Crippen LogP contribution in [0, 0.1) is 5.92 Å². The Hall–Kier alpha value is -1.55. The number of rotatable bonds is 4. The van der Waals surface area contributed by atoms with Gasteiger partial charge in [0.15, 0.2) is 0 Å². The Balaban J connectivity index is 2.51. The van der Waals surface area contributed by atoms with Crippen molar-refractivity contribution in [2.75, 3.05) is 12.3 Å². The molecule has 0 atom stereocenters. The summed E-state index contributed by atoms with van der Waals surface area (Å²) in [6, 6.07) is 6.87. The lowest BCUT2D eigenvalue weighted by molar-refractivity contribution is 0.0209. The van der Waals surface area contributed by atoms with Gasteiger partial charge in [-0.15, -0.1) is 0 Å². The van der Waals surface area contributed by atoms with Crippen molar-refractivity contribution >= 4 is 11.6 Å². The molecule has 1 aromatic rings. The molecular weight excluding hydrogens is 192 g/mol. The number of anilines is 1. The van der Waals surface area contributed by atoms with Gasteiger partial charge < -0.3 is 5.73 Å². The molecule has 3 N–H and O–H groups in total. The molecule has 1 rings (SSSR count). The third-order valence-corrected chi connectivity index (χ3v) is 1.79. The molecule has 0 aliphatic rings. The van der Waals surface area contributed by atoms with Gasteiger partial charge >= 0.3 is 0 Å².